The maximum Gasteiger partial charge on any atom is 0.244 e. The zero-order valence-electron chi connectivity index (χ0n) is 18.5. The van der Waals surface area contributed by atoms with E-state index in [0.29, 0.717) is 5.69 Å². The Bertz CT molecular complexity index is 1030. The van der Waals surface area contributed by atoms with Gasteiger partial charge >= 0.3 is 0 Å². The molecule has 0 saturated carbocycles. The van der Waals surface area contributed by atoms with Crippen LogP contribution in [0, 0.1) is 13.8 Å². The van der Waals surface area contributed by atoms with Crippen LogP contribution >= 0.6 is 0 Å². The quantitative estimate of drug-likeness (QED) is 0.749. The summed E-state index contributed by atoms with van der Waals surface area (Å²) in [6, 6.07) is 10.9. The Morgan fingerprint density at radius 1 is 0.967 bits per heavy atom. The molecule has 0 saturated heterocycles. The molecule has 6 heteroatoms. The summed E-state index contributed by atoms with van der Waals surface area (Å²) >= 11 is 0. The van der Waals surface area contributed by atoms with Crippen LogP contribution < -0.4 is 9.62 Å². The molecule has 0 radical (unpaired) electrons. The van der Waals surface area contributed by atoms with E-state index in [9.17, 15) is 13.2 Å². The van der Waals surface area contributed by atoms with Gasteiger partial charge in [-0.25, -0.2) is 8.42 Å². The van der Waals surface area contributed by atoms with E-state index in [1.807, 2.05) is 26.8 Å². The Balaban J connectivity index is 1.81. The Hall–Kier alpha value is -2.34. The number of amides is 1. The lowest BCUT2D eigenvalue weighted by Crippen LogP contribution is -2.48. The zero-order valence-corrected chi connectivity index (χ0v) is 19.3. The molecule has 3 rings (SSSR count). The van der Waals surface area contributed by atoms with Gasteiger partial charge in [-0.2, -0.15) is 0 Å². The van der Waals surface area contributed by atoms with E-state index < -0.39 is 16.1 Å². The minimum absolute atomic E-state index is 0.201. The maximum atomic E-state index is 13.0. The summed E-state index contributed by atoms with van der Waals surface area (Å²) in [4.78, 5) is 13.0. The van der Waals surface area contributed by atoms with Crippen LogP contribution in [0.4, 0.5) is 5.69 Å². The molecule has 1 aliphatic rings. The van der Waals surface area contributed by atoms with Gasteiger partial charge in [0.1, 0.15) is 6.04 Å². The van der Waals surface area contributed by atoms with Crippen molar-refractivity contribution in [2.45, 2.75) is 65.5 Å². The summed E-state index contributed by atoms with van der Waals surface area (Å²) in [6.45, 7) is 7.41. The van der Waals surface area contributed by atoms with Gasteiger partial charge in [0.25, 0.3) is 0 Å². The van der Waals surface area contributed by atoms with Crippen LogP contribution in [0.5, 0.6) is 0 Å². The molecule has 2 aromatic carbocycles. The molecule has 162 valence electrons. The fourth-order valence-corrected chi connectivity index (χ4v) is 5.49. The first-order chi connectivity index (χ1) is 14.1. The van der Waals surface area contributed by atoms with Crippen LogP contribution in [0.2, 0.25) is 0 Å². The first-order valence-electron chi connectivity index (χ1n) is 10.6. The van der Waals surface area contributed by atoms with Gasteiger partial charge in [-0.3, -0.25) is 9.10 Å². The fourth-order valence-electron chi connectivity index (χ4n) is 4.33. The Kier molecular flexibility index (Phi) is 6.56. The highest BCUT2D eigenvalue weighted by Gasteiger charge is 2.30. The zero-order chi connectivity index (χ0) is 22.1. The number of fused-ring (bicyclic) bond motifs is 1. The standard InChI is InChI=1S/C24H32N2O3S/c1-16-12-17(2)14-23(13-16)26(30(5,28)29)19(4)24(27)25-18(3)21-11-10-20-8-6-7-9-22(20)15-21/h10-15,18-19H,6-9H2,1-5H3,(H,25,27)/t18-,19+/m0/s1. The van der Waals surface area contributed by atoms with Gasteiger partial charge in [0.05, 0.1) is 18.0 Å². The first-order valence-corrected chi connectivity index (χ1v) is 12.4. The number of anilines is 1. The summed E-state index contributed by atoms with van der Waals surface area (Å²) in [5.74, 6) is -0.315. The Morgan fingerprint density at radius 2 is 1.57 bits per heavy atom. The topological polar surface area (TPSA) is 66.5 Å². The maximum absolute atomic E-state index is 13.0. The summed E-state index contributed by atoms with van der Waals surface area (Å²) in [5, 5.41) is 3.01. The van der Waals surface area contributed by atoms with E-state index in [4.69, 9.17) is 0 Å². The molecule has 1 aliphatic carbocycles. The molecule has 30 heavy (non-hydrogen) atoms. The third kappa shape index (κ3) is 5.04. The predicted octanol–water partition coefficient (Wildman–Crippen LogP) is 4.21. The molecule has 2 atom stereocenters. The molecule has 0 heterocycles. The number of benzene rings is 2. The normalized spacial score (nSPS) is 15.8. The van der Waals surface area contributed by atoms with Gasteiger partial charge in [-0.1, -0.05) is 24.3 Å². The minimum atomic E-state index is -3.64. The van der Waals surface area contributed by atoms with Crippen molar-refractivity contribution in [1.29, 1.82) is 0 Å². The molecule has 2 aromatic rings. The van der Waals surface area contributed by atoms with E-state index in [1.165, 1.54) is 28.3 Å². The predicted molar refractivity (Wildman–Crippen MR) is 122 cm³/mol. The van der Waals surface area contributed by atoms with Crippen LogP contribution in [0.1, 0.15) is 60.5 Å². The lowest BCUT2D eigenvalue weighted by molar-refractivity contribution is -0.122. The molecule has 1 N–H and O–H groups in total. The highest BCUT2D eigenvalue weighted by atomic mass is 32.2. The smallest absolute Gasteiger partial charge is 0.244 e. The van der Waals surface area contributed by atoms with Crippen molar-refractivity contribution >= 4 is 21.6 Å². The van der Waals surface area contributed by atoms with Gasteiger partial charge in [-0.05, 0) is 93.3 Å². The SMILES string of the molecule is Cc1cc(C)cc(N([C@H](C)C(=O)N[C@@H](C)c2ccc3c(c2)CCCC3)S(C)(=O)=O)c1. The first kappa shape index (κ1) is 22.3. The second-order valence-corrected chi connectivity index (χ2v) is 10.4. The average molecular weight is 429 g/mol. The van der Waals surface area contributed by atoms with Gasteiger partial charge in [0.15, 0.2) is 0 Å². The van der Waals surface area contributed by atoms with Crippen molar-refractivity contribution in [2.24, 2.45) is 0 Å². The lowest BCUT2D eigenvalue weighted by Gasteiger charge is -2.30. The van der Waals surface area contributed by atoms with Gasteiger partial charge in [0.2, 0.25) is 15.9 Å². The van der Waals surface area contributed by atoms with Crippen molar-refractivity contribution in [3.05, 3.63) is 64.2 Å². The molecular weight excluding hydrogens is 396 g/mol. The molecule has 0 aromatic heterocycles. The molecule has 0 spiro atoms. The second-order valence-electron chi connectivity index (χ2n) is 8.55. The van der Waals surface area contributed by atoms with Crippen LogP contribution in [0.15, 0.2) is 36.4 Å². The lowest BCUT2D eigenvalue weighted by atomic mass is 9.89. The van der Waals surface area contributed by atoms with E-state index >= 15 is 0 Å². The molecule has 0 bridgehead atoms. The van der Waals surface area contributed by atoms with Crippen LogP contribution in [0.25, 0.3) is 0 Å². The largest absolute Gasteiger partial charge is 0.348 e. The summed E-state index contributed by atoms with van der Waals surface area (Å²) < 4.78 is 26.3. The van der Waals surface area contributed by atoms with E-state index in [1.54, 1.807) is 19.1 Å². The fraction of sp³-hybridized carbons (Fsp3) is 0.458. The minimum Gasteiger partial charge on any atom is -0.348 e. The second kappa shape index (κ2) is 8.80. The molecule has 1 amide bonds. The summed E-state index contributed by atoms with van der Waals surface area (Å²) in [6.07, 6.45) is 5.77. The van der Waals surface area contributed by atoms with Crippen molar-refractivity contribution in [3.63, 3.8) is 0 Å². The van der Waals surface area contributed by atoms with E-state index in [0.717, 1.165) is 35.8 Å². The Labute approximate surface area is 180 Å². The molecule has 0 aliphatic heterocycles. The number of carbonyl (C=O) groups is 1. The number of rotatable bonds is 6. The van der Waals surface area contributed by atoms with Crippen molar-refractivity contribution in [1.82, 2.24) is 5.32 Å². The number of hydrogen-bond donors (Lipinski definition) is 1. The van der Waals surface area contributed by atoms with Gasteiger partial charge in [0, 0.05) is 0 Å². The van der Waals surface area contributed by atoms with Crippen LogP contribution in [-0.4, -0.2) is 26.6 Å². The monoisotopic (exact) mass is 428 g/mol. The number of nitrogens with one attached hydrogen (secondary N) is 1. The highest BCUT2D eigenvalue weighted by molar-refractivity contribution is 7.92. The van der Waals surface area contributed by atoms with Crippen LogP contribution in [-0.2, 0) is 27.7 Å². The Morgan fingerprint density at radius 3 is 2.17 bits per heavy atom. The number of hydrogen-bond acceptors (Lipinski definition) is 3. The average Bonchev–Trinajstić information content (AvgIpc) is 2.65. The molecular formula is C24H32N2O3S. The van der Waals surface area contributed by atoms with Crippen molar-refractivity contribution in [3.8, 4) is 0 Å². The van der Waals surface area contributed by atoms with Gasteiger partial charge < -0.3 is 5.32 Å². The summed E-state index contributed by atoms with van der Waals surface area (Å²) in [7, 11) is -3.64. The number of aryl methyl sites for hydroxylation is 4. The van der Waals surface area contributed by atoms with Crippen molar-refractivity contribution < 1.29 is 13.2 Å². The summed E-state index contributed by atoms with van der Waals surface area (Å²) in [5.41, 5.74) is 6.23. The molecule has 5 nitrogen and oxygen atoms in total. The molecule has 0 fully saturated rings. The highest BCUT2D eigenvalue weighted by Crippen LogP contribution is 2.26. The van der Waals surface area contributed by atoms with Crippen molar-refractivity contribution in [2.75, 3.05) is 10.6 Å². The van der Waals surface area contributed by atoms with E-state index in [2.05, 4.69) is 23.5 Å². The van der Waals surface area contributed by atoms with E-state index in [-0.39, 0.29) is 11.9 Å². The number of carbonyl (C=O) groups excluding carboxylic acids is 1. The third-order valence-corrected chi connectivity index (χ3v) is 7.02. The van der Waals surface area contributed by atoms with Crippen LogP contribution in [0.3, 0.4) is 0 Å². The number of nitrogens with zero attached hydrogens (tertiary/aromatic N) is 1. The number of sulfonamides is 1. The molecule has 0 unspecified atom stereocenters. The third-order valence-electron chi connectivity index (χ3n) is 5.78. The van der Waals surface area contributed by atoms with Gasteiger partial charge in [-0.15, -0.1) is 0 Å².